The lowest BCUT2D eigenvalue weighted by Crippen LogP contribution is -2.01. The van der Waals surface area contributed by atoms with Crippen molar-refractivity contribution in [1.82, 2.24) is 15.0 Å². The maximum absolute atomic E-state index is 10.6. The molecule has 0 aliphatic rings. The monoisotopic (exact) mass is 421 g/mol. The number of ether oxygens (including phenoxy) is 3. The summed E-state index contributed by atoms with van der Waals surface area (Å²) in [6.07, 6.45) is 5.69. The summed E-state index contributed by atoms with van der Waals surface area (Å²) >= 11 is 0. The molecule has 4 aromatic rings. The normalized spacial score (nSPS) is 11.0. The average Bonchev–Trinajstić information content (AvgIpc) is 3.23. The minimum Gasteiger partial charge on any atom is -0.493 e. The van der Waals surface area contributed by atoms with Crippen LogP contribution in [0.2, 0.25) is 0 Å². The van der Waals surface area contributed by atoms with Crippen molar-refractivity contribution in [2.75, 3.05) is 13.7 Å². The predicted octanol–water partition coefficient (Wildman–Crippen LogP) is 4.94. The van der Waals surface area contributed by atoms with Crippen molar-refractivity contribution >= 4 is 27.8 Å². The molecule has 2 heterocycles. The third-order valence-electron chi connectivity index (χ3n) is 4.92. The van der Waals surface area contributed by atoms with Crippen LogP contribution in [-0.2, 0) is 4.79 Å². The van der Waals surface area contributed by atoms with Crippen molar-refractivity contribution in [3.63, 3.8) is 0 Å². The first-order chi connectivity index (χ1) is 15.1. The van der Waals surface area contributed by atoms with Crippen molar-refractivity contribution in [3.8, 4) is 23.1 Å². The van der Waals surface area contributed by atoms with Crippen molar-refractivity contribution in [2.45, 2.75) is 25.7 Å². The van der Waals surface area contributed by atoms with Crippen molar-refractivity contribution in [1.29, 1.82) is 0 Å². The number of carboxylic acid groups (broad SMARTS) is 1. The highest BCUT2D eigenvalue weighted by atomic mass is 16.5. The molecule has 0 aliphatic heterocycles. The Morgan fingerprint density at radius 2 is 1.97 bits per heavy atom. The van der Waals surface area contributed by atoms with E-state index in [1.165, 1.54) is 6.33 Å². The number of carbonyl (C=O) groups is 1. The van der Waals surface area contributed by atoms with Gasteiger partial charge in [-0.3, -0.25) is 4.79 Å². The Kier molecular flexibility index (Phi) is 6.16. The second kappa shape index (κ2) is 9.34. The van der Waals surface area contributed by atoms with Gasteiger partial charge in [-0.2, -0.15) is 0 Å². The molecule has 2 aromatic heterocycles. The van der Waals surface area contributed by atoms with Crippen LogP contribution in [0.3, 0.4) is 0 Å². The van der Waals surface area contributed by atoms with E-state index >= 15 is 0 Å². The highest BCUT2D eigenvalue weighted by Gasteiger charge is 2.13. The van der Waals surface area contributed by atoms with E-state index in [0.29, 0.717) is 47.1 Å². The van der Waals surface area contributed by atoms with Gasteiger partial charge in [0.2, 0.25) is 5.88 Å². The van der Waals surface area contributed by atoms with Gasteiger partial charge in [-0.1, -0.05) is 0 Å². The number of hydrogen-bond acceptors (Lipinski definition) is 6. The zero-order chi connectivity index (χ0) is 21.6. The SMILES string of the molecule is COc1cc2c(Oc3ccc4[nH]ccc4c3)ncnc2cc1OCCCCCC(=O)O. The fraction of sp³-hybridized carbons (Fsp3) is 0.261. The molecule has 2 N–H and O–H groups in total. The number of carboxylic acids is 1. The van der Waals surface area contributed by atoms with Crippen molar-refractivity contribution in [2.24, 2.45) is 0 Å². The fourth-order valence-electron chi connectivity index (χ4n) is 3.34. The number of rotatable bonds is 10. The van der Waals surface area contributed by atoms with Crippen LogP contribution >= 0.6 is 0 Å². The summed E-state index contributed by atoms with van der Waals surface area (Å²) in [5.41, 5.74) is 1.71. The van der Waals surface area contributed by atoms with Crippen LogP contribution in [0.1, 0.15) is 25.7 Å². The molecule has 8 heteroatoms. The van der Waals surface area contributed by atoms with Gasteiger partial charge in [-0.05, 0) is 49.6 Å². The smallest absolute Gasteiger partial charge is 0.303 e. The van der Waals surface area contributed by atoms with Crippen molar-refractivity contribution < 1.29 is 24.1 Å². The Bertz CT molecular complexity index is 1200. The Labute approximate surface area is 178 Å². The molecule has 0 saturated carbocycles. The molecule has 4 rings (SSSR count). The Hall–Kier alpha value is -3.81. The van der Waals surface area contributed by atoms with Gasteiger partial charge in [0.25, 0.3) is 0 Å². The van der Waals surface area contributed by atoms with Crippen LogP contribution in [0.4, 0.5) is 0 Å². The molecule has 0 saturated heterocycles. The first-order valence-electron chi connectivity index (χ1n) is 10.1. The van der Waals surface area contributed by atoms with Gasteiger partial charge in [0, 0.05) is 29.6 Å². The number of hydrogen-bond donors (Lipinski definition) is 2. The molecule has 160 valence electrons. The van der Waals surface area contributed by atoms with Gasteiger partial charge in [-0.15, -0.1) is 0 Å². The molecule has 0 fully saturated rings. The molecule has 0 bridgehead atoms. The average molecular weight is 421 g/mol. The number of methoxy groups -OCH3 is 1. The molecular weight excluding hydrogens is 398 g/mol. The summed E-state index contributed by atoms with van der Waals surface area (Å²) < 4.78 is 17.4. The molecule has 0 aliphatic carbocycles. The van der Waals surface area contributed by atoms with Crippen LogP contribution in [0.5, 0.6) is 23.1 Å². The van der Waals surface area contributed by atoms with Crippen LogP contribution < -0.4 is 14.2 Å². The number of H-pyrrole nitrogens is 1. The Morgan fingerprint density at radius 1 is 1.06 bits per heavy atom. The summed E-state index contributed by atoms with van der Waals surface area (Å²) in [6, 6.07) is 11.4. The molecule has 0 amide bonds. The van der Waals surface area contributed by atoms with Gasteiger partial charge in [0.1, 0.15) is 12.1 Å². The van der Waals surface area contributed by atoms with Crippen molar-refractivity contribution in [3.05, 3.63) is 48.9 Å². The quantitative estimate of drug-likeness (QED) is 0.349. The summed E-state index contributed by atoms with van der Waals surface area (Å²) in [7, 11) is 1.57. The van der Waals surface area contributed by atoms with Crippen LogP contribution in [0.15, 0.2) is 48.9 Å². The minimum absolute atomic E-state index is 0.177. The van der Waals surface area contributed by atoms with E-state index in [9.17, 15) is 4.79 Å². The predicted molar refractivity (Wildman–Crippen MR) is 116 cm³/mol. The van der Waals surface area contributed by atoms with E-state index in [2.05, 4.69) is 15.0 Å². The fourth-order valence-corrected chi connectivity index (χ4v) is 3.34. The zero-order valence-corrected chi connectivity index (χ0v) is 17.1. The third kappa shape index (κ3) is 4.85. The molecule has 2 aromatic carbocycles. The number of unbranched alkanes of at least 4 members (excludes halogenated alkanes) is 2. The first-order valence-corrected chi connectivity index (χ1v) is 10.1. The second-order valence-electron chi connectivity index (χ2n) is 7.08. The van der Waals surface area contributed by atoms with Crippen LogP contribution in [-0.4, -0.2) is 39.7 Å². The lowest BCUT2D eigenvalue weighted by molar-refractivity contribution is -0.137. The minimum atomic E-state index is -0.775. The Balaban J connectivity index is 1.51. The summed E-state index contributed by atoms with van der Waals surface area (Å²) in [4.78, 5) is 22.4. The number of nitrogens with zero attached hydrogens (tertiary/aromatic N) is 2. The van der Waals surface area contributed by atoms with E-state index in [-0.39, 0.29) is 6.42 Å². The van der Waals surface area contributed by atoms with E-state index < -0.39 is 5.97 Å². The van der Waals surface area contributed by atoms with E-state index in [0.717, 1.165) is 23.7 Å². The summed E-state index contributed by atoms with van der Waals surface area (Å²) in [5, 5.41) is 10.5. The summed E-state index contributed by atoms with van der Waals surface area (Å²) in [5.74, 6) is 1.46. The van der Waals surface area contributed by atoms with Gasteiger partial charge in [0.05, 0.1) is 24.6 Å². The van der Waals surface area contributed by atoms with E-state index in [1.807, 2.05) is 30.5 Å². The molecule has 31 heavy (non-hydrogen) atoms. The highest BCUT2D eigenvalue weighted by molar-refractivity contribution is 5.87. The highest BCUT2D eigenvalue weighted by Crippen LogP contribution is 2.36. The molecular formula is C23H23N3O5. The van der Waals surface area contributed by atoms with Gasteiger partial charge < -0.3 is 24.3 Å². The largest absolute Gasteiger partial charge is 0.493 e. The Morgan fingerprint density at radius 3 is 2.81 bits per heavy atom. The topological polar surface area (TPSA) is 107 Å². The summed E-state index contributed by atoms with van der Waals surface area (Å²) in [6.45, 7) is 0.465. The molecule has 0 spiro atoms. The van der Waals surface area contributed by atoms with Gasteiger partial charge in [0.15, 0.2) is 11.5 Å². The lowest BCUT2D eigenvalue weighted by atomic mass is 10.2. The third-order valence-corrected chi connectivity index (χ3v) is 4.92. The first kappa shape index (κ1) is 20.5. The molecule has 0 unspecified atom stereocenters. The lowest BCUT2D eigenvalue weighted by Gasteiger charge is -2.13. The second-order valence-corrected chi connectivity index (χ2v) is 7.08. The molecule has 8 nitrogen and oxygen atoms in total. The number of benzene rings is 2. The number of aliphatic carboxylic acids is 1. The van der Waals surface area contributed by atoms with Crippen LogP contribution in [0, 0.1) is 0 Å². The number of aromatic amines is 1. The number of fused-ring (bicyclic) bond motifs is 2. The van der Waals surface area contributed by atoms with E-state index in [4.69, 9.17) is 19.3 Å². The number of nitrogens with one attached hydrogen (secondary N) is 1. The van der Waals surface area contributed by atoms with E-state index in [1.54, 1.807) is 19.2 Å². The standard InChI is InChI=1S/C23H23N3O5/c1-29-20-12-17-19(13-21(20)30-10-4-2-3-5-22(27)28)25-14-26-23(17)31-16-6-7-18-15(11-16)8-9-24-18/h6-9,11-14,24H,2-5,10H2,1H3,(H,27,28). The zero-order valence-electron chi connectivity index (χ0n) is 17.1. The maximum atomic E-state index is 10.6. The van der Waals surface area contributed by atoms with Gasteiger partial charge in [-0.25, -0.2) is 9.97 Å². The maximum Gasteiger partial charge on any atom is 0.303 e. The number of aromatic nitrogens is 3. The van der Waals surface area contributed by atoms with Gasteiger partial charge >= 0.3 is 5.97 Å². The molecule has 0 atom stereocenters. The van der Waals surface area contributed by atoms with Crippen LogP contribution in [0.25, 0.3) is 21.8 Å². The molecule has 0 radical (unpaired) electrons.